The first kappa shape index (κ1) is 25.3. The van der Waals surface area contributed by atoms with Crippen LogP contribution in [0.2, 0.25) is 0 Å². The lowest BCUT2D eigenvalue weighted by Crippen LogP contribution is -2.44. The fraction of sp³-hybridized carbons (Fsp3) is 0.708. The zero-order valence-electron chi connectivity index (χ0n) is 20.1. The maximum Gasteiger partial charge on any atom is 0.191 e. The second kappa shape index (κ2) is 14.9. The number of unbranched alkanes of at least 4 members (excludes halogenated alkanes) is 1. The average molecular weight is 434 g/mol. The van der Waals surface area contributed by atoms with Crippen molar-refractivity contribution >= 4 is 5.96 Å². The Balaban J connectivity index is 1.66. The number of piperazine rings is 1. The van der Waals surface area contributed by atoms with Crippen LogP contribution in [0, 0.1) is 0 Å². The van der Waals surface area contributed by atoms with Crippen LogP contribution in [0.4, 0.5) is 0 Å². The molecule has 0 radical (unpaired) electrons. The lowest BCUT2D eigenvalue weighted by molar-refractivity contribution is 0.152. The monoisotopic (exact) mass is 433 g/mol. The van der Waals surface area contributed by atoms with E-state index in [9.17, 15) is 0 Å². The van der Waals surface area contributed by atoms with Crippen LogP contribution >= 0.6 is 0 Å². The fourth-order valence-electron chi connectivity index (χ4n) is 3.70. The van der Waals surface area contributed by atoms with Gasteiger partial charge in [-0.05, 0) is 70.8 Å². The molecule has 1 aromatic rings. The molecule has 0 atom stereocenters. The zero-order chi connectivity index (χ0) is 22.3. The molecule has 31 heavy (non-hydrogen) atoms. The number of aryl methyl sites for hydroxylation is 1. The quantitative estimate of drug-likeness (QED) is 0.283. The Bertz CT molecular complexity index is 645. The Morgan fingerprint density at radius 3 is 2.55 bits per heavy atom. The van der Waals surface area contributed by atoms with Crippen LogP contribution in [0.5, 0.6) is 11.5 Å². The van der Waals surface area contributed by atoms with Gasteiger partial charge in [0.05, 0.1) is 13.7 Å². The molecule has 1 saturated heterocycles. The number of benzene rings is 1. The third-order valence-electron chi connectivity index (χ3n) is 5.56. The summed E-state index contributed by atoms with van der Waals surface area (Å²) in [5.74, 6) is 2.53. The zero-order valence-corrected chi connectivity index (χ0v) is 20.1. The minimum absolute atomic E-state index is 0.636. The molecule has 0 aromatic heterocycles. The van der Waals surface area contributed by atoms with E-state index in [0.29, 0.717) is 6.61 Å². The van der Waals surface area contributed by atoms with E-state index in [1.807, 2.05) is 13.0 Å². The van der Waals surface area contributed by atoms with Gasteiger partial charge in [0.1, 0.15) is 0 Å². The van der Waals surface area contributed by atoms with Gasteiger partial charge in [-0.3, -0.25) is 4.99 Å². The van der Waals surface area contributed by atoms with Crippen molar-refractivity contribution < 1.29 is 9.47 Å². The number of hydrogen-bond donors (Lipinski definition) is 2. The second-order valence-corrected chi connectivity index (χ2v) is 8.06. The first-order valence-corrected chi connectivity index (χ1v) is 11.9. The molecule has 2 N–H and O–H groups in total. The second-order valence-electron chi connectivity index (χ2n) is 8.06. The van der Waals surface area contributed by atoms with Crippen molar-refractivity contribution in [2.24, 2.45) is 4.99 Å². The molecule has 0 unspecified atom stereocenters. The highest BCUT2D eigenvalue weighted by Gasteiger charge is 2.12. The molecule has 7 nitrogen and oxygen atoms in total. The van der Waals surface area contributed by atoms with E-state index < -0.39 is 0 Å². The van der Waals surface area contributed by atoms with Crippen LogP contribution in [0.15, 0.2) is 23.2 Å². The molecule has 0 aliphatic carbocycles. The molecular formula is C24H43N5O2. The summed E-state index contributed by atoms with van der Waals surface area (Å²) in [7, 11) is 3.88. The van der Waals surface area contributed by atoms with E-state index in [-0.39, 0.29) is 0 Å². The summed E-state index contributed by atoms with van der Waals surface area (Å²) < 4.78 is 11.0. The van der Waals surface area contributed by atoms with Crippen molar-refractivity contribution in [3.8, 4) is 11.5 Å². The Labute approximate surface area is 189 Å². The van der Waals surface area contributed by atoms with Crippen molar-refractivity contribution in [3.63, 3.8) is 0 Å². The van der Waals surface area contributed by atoms with Crippen LogP contribution < -0.4 is 20.1 Å². The van der Waals surface area contributed by atoms with E-state index in [1.54, 1.807) is 7.11 Å². The van der Waals surface area contributed by atoms with Gasteiger partial charge in [0, 0.05) is 45.8 Å². The molecule has 0 amide bonds. The van der Waals surface area contributed by atoms with Crippen molar-refractivity contribution in [3.05, 3.63) is 23.8 Å². The maximum absolute atomic E-state index is 5.67. The molecule has 1 fully saturated rings. The highest BCUT2D eigenvalue weighted by atomic mass is 16.5. The summed E-state index contributed by atoms with van der Waals surface area (Å²) in [5, 5.41) is 6.83. The van der Waals surface area contributed by atoms with Crippen LogP contribution in [-0.4, -0.2) is 88.9 Å². The number of hydrogen-bond acceptors (Lipinski definition) is 5. The highest BCUT2D eigenvalue weighted by molar-refractivity contribution is 5.79. The molecule has 1 heterocycles. The van der Waals surface area contributed by atoms with Gasteiger partial charge < -0.3 is 29.9 Å². The minimum Gasteiger partial charge on any atom is -0.493 e. The van der Waals surface area contributed by atoms with Gasteiger partial charge in [-0.2, -0.15) is 0 Å². The maximum atomic E-state index is 5.67. The molecule has 0 saturated carbocycles. The lowest BCUT2D eigenvalue weighted by atomic mass is 10.1. The third-order valence-corrected chi connectivity index (χ3v) is 5.56. The average Bonchev–Trinajstić information content (AvgIpc) is 2.78. The van der Waals surface area contributed by atoms with Crippen LogP contribution in [0.25, 0.3) is 0 Å². The van der Waals surface area contributed by atoms with E-state index in [2.05, 4.69) is 46.5 Å². The van der Waals surface area contributed by atoms with Crippen LogP contribution in [0.1, 0.15) is 38.7 Å². The van der Waals surface area contributed by atoms with E-state index >= 15 is 0 Å². The normalized spacial score (nSPS) is 15.7. The van der Waals surface area contributed by atoms with Gasteiger partial charge in [0.25, 0.3) is 0 Å². The van der Waals surface area contributed by atoms with Crippen molar-refractivity contribution in [2.75, 3.05) is 73.1 Å². The Morgan fingerprint density at radius 1 is 1.03 bits per heavy atom. The number of aliphatic imine (C=N–C) groups is 1. The smallest absolute Gasteiger partial charge is 0.191 e. The van der Waals surface area contributed by atoms with Crippen molar-refractivity contribution in [1.29, 1.82) is 0 Å². The molecule has 176 valence electrons. The van der Waals surface area contributed by atoms with E-state index in [0.717, 1.165) is 49.9 Å². The van der Waals surface area contributed by atoms with Gasteiger partial charge in [-0.1, -0.05) is 6.07 Å². The number of likely N-dealkylation sites (N-methyl/N-ethyl adjacent to an activating group) is 1. The van der Waals surface area contributed by atoms with E-state index in [1.165, 1.54) is 51.1 Å². The Kier molecular flexibility index (Phi) is 12.2. The molecule has 1 aliphatic rings. The minimum atomic E-state index is 0.636. The molecule has 7 heteroatoms. The number of ether oxygens (including phenoxy) is 2. The van der Waals surface area contributed by atoms with Crippen molar-refractivity contribution in [1.82, 2.24) is 20.4 Å². The summed E-state index contributed by atoms with van der Waals surface area (Å²) in [4.78, 5) is 9.72. The Morgan fingerprint density at radius 2 is 1.84 bits per heavy atom. The highest BCUT2D eigenvalue weighted by Crippen LogP contribution is 2.28. The molecule has 2 rings (SSSR count). The SMILES string of the molecule is CCNC(=NCCCc1ccc(OC)c(OCC)c1)NCCCCN1CCN(C)CC1. The number of nitrogens with zero attached hydrogens (tertiary/aromatic N) is 3. The lowest BCUT2D eigenvalue weighted by Gasteiger charge is -2.32. The molecule has 1 aliphatic heterocycles. The van der Waals surface area contributed by atoms with Gasteiger partial charge in [-0.25, -0.2) is 0 Å². The molecular weight excluding hydrogens is 390 g/mol. The van der Waals surface area contributed by atoms with Gasteiger partial charge in [0.2, 0.25) is 0 Å². The first-order valence-electron chi connectivity index (χ1n) is 11.9. The first-order chi connectivity index (χ1) is 15.2. The summed E-state index contributed by atoms with van der Waals surface area (Å²) in [6.07, 6.45) is 4.37. The van der Waals surface area contributed by atoms with Gasteiger partial charge >= 0.3 is 0 Å². The number of methoxy groups -OCH3 is 1. The summed E-state index contributed by atoms with van der Waals surface area (Å²) in [6, 6.07) is 6.17. The summed E-state index contributed by atoms with van der Waals surface area (Å²) in [5.41, 5.74) is 1.25. The standard InChI is InChI=1S/C24H43N5O2/c1-5-25-24(26-13-7-8-15-29-18-16-28(3)17-19-29)27-14-9-10-21-11-12-22(30-4)23(20-21)31-6-2/h11-12,20H,5-10,13-19H2,1-4H3,(H2,25,26,27). The van der Waals surface area contributed by atoms with E-state index in [4.69, 9.17) is 14.5 Å². The predicted octanol–water partition coefficient (Wildman–Crippen LogP) is 2.61. The predicted molar refractivity (Wildman–Crippen MR) is 130 cm³/mol. The third kappa shape index (κ3) is 9.78. The van der Waals surface area contributed by atoms with Crippen LogP contribution in [0.3, 0.4) is 0 Å². The largest absolute Gasteiger partial charge is 0.493 e. The van der Waals surface area contributed by atoms with Crippen molar-refractivity contribution in [2.45, 2.75) is 39.5 Å². The molecule has 1 aromatic carbocycles. The van der Waals surface area contributed by atoms with Crippen LogP contribution in [-0.2, 0) is 6.42 Å². The topological polar surface area (TPSA) is 61.4 Å². The summed E-state index contributed by atoms with van der Waals surface area (Å²) in [6.45, 7) is 13.4. The fourth-order valence-corrected chi connectivity index (χ4v) is 3.70. The summed E-state index contributed by atoms with van der Waals surface area (Å²) >= 11 is 0. The molecule has 0 spiro atoms. The number of guanidine groups is 1. The van der Waals surface area contributed by atoms with Gasteiger partial charge in [0.15, 0.2) is 17.5 Å². The van der Waals surface area contributed by atoms with Gasteiger partial charge in [-0.15, -0.1) is 0 Å². The number of rotatable bonds is 13. The molecule has 0 bridgehead atoms. The Hall–Kier alpha value is -1.99. The number of nitrogens with one attached hydrogen (secondary N) is 2.